The number of rotatable bonds is 2. The Kier molecular flexibility index (Phi) is 2.62. The second-order valence-electron chi connectivity index (χ2n) is 3.95. The van der Waals surface area contributed by atoms with Crippen molar-refractivity contribution in [2.24, 2.45) is 0 Å². The minimum Gasteiger partial charge on any atom is -0.432 e. The first-order chi connectivity index (χ1) is 9.00. The van der Waals surface area contributed by atoms with Gasteiger partial charge in [-0.3, -0.25) is 10.1 Å². The monoisotopic (exact) mass is 296 g/mol. The zero-order valence-electron chi connectivity index (χ0n) is 9.34. The second-order valence-corrected chi connectivity index (χ2v) is 5.24. The van der Waals surface area contributed by atoms with E-state index in [1.165, 1.54) is 0 Å². The smallest absolute Gasteiger partial charge is 0.432 e. The van der Waals surface area contributed by atoms with Crippen molar-refractivity contribution < 1.29 is 9.34 Å². The number of aromatic nitrogens is 1. The molecular formula is C12H6Cl2N2O3. The maximum atomic E-state index is 10.8. The molecular weight excluding hydrogens is 291 g/mol. The van der Waals surface area contributed by atoms with Gasteiger partial charge in [-0.2, -0.15) is 0 Å². The molecule has 0 amide bonds. The van der Waals surface area contributed by atoms with Crippen LogP contribution in [0.25, 0.3) is 21.9 Å². The summed E-state index contributed by atoms with van der Waals surface area (Å²) in [6, 6.07) is 11.0. The molecule has 0 unspecified atom stereocenters. The van der Waals surface area contributed by atoms with Crippen LogP contribution in [0.2, 0.25) is 0 Å². The maximum absolute atomic E-state index is 10.8. The number of hydrogen-bond acceptors (Lipinski definition) is 4. The number of nitrogens with zero attached hydrogens (tertiary/aromatic N) is 2. The van der Waals surface area contributed by atoms with Gasteiger partial charge in [0.1, 0.15) is 5.52 Å². The summed E-state index contributed by atoms with van der Waals surface area (Å²) in [6.45, 7) is 0. The van der Waals surface area contributed by atoms with Gasteiger partial charge in [-0.05, 0) is 34.7 Å². The molecule has 1 heterocycles. The third-order valence-corrected chi connectivity index (χ3v) is 3.37. The third kappa shape index (κ3) is 1.82. The van der Waals surface area contributed by atoms with Crippen molar-refractivity contribution in [1.29, 1.82) is 0 Å². The second kappa shape index (κ2) is 4.08. The maximum Gasteiger partial charge on any atom is 0.446 e. The summed E-state index contributed by atoms with van der Waals surface area (Å²) in [5, 5.41) is 12.6. The Morgan fingerprint density at radius 2 is 1.95 bits per heavy atom. The number of oxazole rings is 1. The molecule has 0 saturated heterocycles. The lowest BCUT2D eigenvalue weighted by molar-refractivity contribution is -0.526. The predicted octanol–water partition coefficient (Wildman–Crippen LogP) is 3.85. The van der Waals surface area contributed by atoms with Gasteiger partial charge in [0.25, 0.3) is 0 Å². The highest BCUT2D eigenvalue weighted by molar-refractivity contribution is 6.46. The first-order valence-corrected chi connectivity index (χ1v) is 6.07. The fourth-order valence-electron chi connectivity index (χ4n) is 1.87. The molecule has 2 aromatic carbocycles. The molecule has 0 aliphatic carbocycles. The van der Waals surface area contributed by atoms with E-state index < -0.39 is 9.38 Å². The first kappa shape index (κ1) is 12.2. The number of halogens is 2. The lowest BCUT2D eigenvalue weighted by Gasteiger charge is -2.03. The number of alkyl halides is 2. The summed E-state index contributed by atoms with van der Waals surface area (Å²) in [4.78, 5) is 14.0. The minimum absolute atomic E-state index is 0.341. The molecule has 19 heavy (non-hydrogen) atoms. The molecule has 0 spiro atoms. The average molecular weight is 297 g/mol. The van der Waals surface area contributed by atoms with Gasteiger partial charge >= 0.3 is 10.3 Å². The minimum atomic E-state index is -2.39. The van der Waals surface area contributed by atoms with Crippen molar-refractivity contribution in [2.75, 3.05) is 0 Å². The molecule has 0 atom stereocenters. The van der Waals surface area contributed by atoms with Crippen LogP contribution in [0.1, 0.15) is 5.89 Å². The molecule has 0 aliphatic heterocycles. The highest BCUT2D eigenvalue weighted by Crippen LogP contribution is 2.36. The van der Waals surface area contributed by atoms with E-state index >= 15 is 0 Å². The Bertz CT molecular complexity index is 798. The normalized spacial score (nSPS) is 12.1. The molecule has 3 rings (SSSR count). The Balaban J connectivity index is 2.32. The molecule has 1 aromatic heterocycles. The van der Waals surface area contributed by atoms with Gasteiger partial charge in [0.2, 0.25) is 0 Å². The van der Waals surface area contributed by atoms with E-state index in [9.17, 15) is 10.1 Å². The largest absolute Gasteiger partial charge is 0.446 e. The summed E-state index contributed by atoms with van der Waals surface area (Å²) in [5.74, 6) is -0.341. The first-order valence-electron chi connectivity index (χ1n) is 5.31. The topological polar surface area (TPSA) is 69.2 Å². The van der Waals surface area contributed by atoms with Crippen molar-refractivity contribution in [2.45, 2.75) is 4.46 Å². The van der Waals surface area contributed by atoms with Crippen LogP contribution in [0.15, 0.2) is 40.8 Å². The molecule has 7 heteroatoms. The van der Waals surface area contributed by atoms with Crippen LogP contribution in [0.5, 0.6) is 0 Å². The highest BCUT2D eigenvalue weighted by Gasteiger charge is 2.46. The van der Waals surface area contributed by atoms with Crippen LogP contribution in [0.3, 0.4) is 0 Å². The molecule has 0 radical (unpaired) electrons. The number of fused-ring (bicyclic) bond motifs is 3. The summed E-state index contributed by atoms with van der Waals surface area (Å²) in [7, 11) is 0. The van der Waals surface area contributed by atoms with E-state index in [0.717, 1.165) is 10.8 Å². The van der Waals surface area contributed by atoms with Gasteiger partial charge in [-0.1, -0.05) is 30.3 Å². The van der Waals surface area contributed by atoms with Gasteiger partial charge < -0.3 is 4.42 Å². The van der Waals surface area contributed by atoms with Crippen molar-refractivity contribution >= 4 is 45.1 Å². The summed E-state index contributed by atoms with van der Waals surface area (Å²) >= 11 is 11.3. The number of hydrogen-bond donors (Lipinski definition) is 0. The van der Waals surface area contributed by atoms with Gasteiger partial charge in [-0.15, -0.1) is 0 Å². The standard InChI is InChI=1S/C12H6Cl2N2O3/c13-12(14,16(17)18)11-15-10-8-4-2-1-3-7(8)5-6-9(10)19-11/h1-6H. The number of nitro groups is 1. The SMILES string of the molecule is O=[N+]([O-])C(Cl)(Cl)c1nc2c(ccc3ccccc32)o1. The van der Waals surface area contributed by atoms with Crippen LogP contribution in [-0.2, 0) is 4.46 Å². The van der Waals surface area contributed by atoms with Gasteiger partial charge in [0.05, 0.1) is 4.92 Å². The Morgan fingerprint density at radius 3 is 2.68 bits per heavy atom. The van der Waals surface area contributed by atoms with Gasteiger partial charge in [0.15, 0.2) is 5.58 Å². The van der Waals surface area contributed by atoms with Crippen LogP contribution in [0.4, 0.5) is 0 Å². The van der Waals surface area contributed by atoms with E-state index in [-0.39, 0.29) is 5.89 Å². The summed E-state index contributed by atoms with van der Waals surface area (Å²) in [5.41, 5.74) is 0.904. The summed E-state index contributed by atoms with van der Waals surface area (Å²) in [6.07, 6.45) is 0. The predicted molar refractivity (Wildman–Crippen MR) is 71.9 cm³/mol. The third-order valence-electron chi connectivity index (χ3n) is 2.77. The number of benzene rings is 2. The summed E-state index contributed by atoms with van der Waals surface area (Å²) < 4.78 is 2.90. The molecule has 0 aliphatic rings. The molecule has 0 saturated carbocycles. The van der Waals surface area contributed by atoms with E-state index in [1.54, 1.807) is 6.07 Å². The van der Waals surface area contributed by atoms with E-state index in [4.69, 9.17) is 27.6 Å². The van der Waals surface area contributed by atoms with Gasteiger partial charge in [-0.25, -0.2) is 4.98 Å². The molecule has 5 nitrogen and oxygen atoms in total. The molecule has 0 N–H and O–H groups in total. The van der Waals surface area contributed by atoms with E-state index in [2.05, 4.69) is 4.98 Å². The zero-order valence-corrected chi connectivity index (χ0v) is 10.9. The van der Waals surface area contributed by atoms with E-state index in [1.807, 2.05) is 30.3 Å². The Morgan fingerprint density at radius 1 is 1.21 bits per heavy atom. The Hall–Kier alpha value is -1.85. The van der Waals surface area contributed by atoms with Crippen molar-refractivity contribution in [3.63, 3.8) is 0 Å². The fourth-order valence-corrected chi connectivity index (χ4v) is 2.03. The van der Waals surface area contributed by atoms with Crippen molar-refractivity contribution in [3.8, 4) is 0 Å². The lowest BCUT2D eigenvalue weighted by Crippen LogP contribution is -2.22. The average Bonchev–Trinajstić information content (AvgIpc) is 2.83. The zero-order chi connectivity index (χ0) is 13.6. The quantitative estimate of drug-likeness (QED) is 0.312. The Labute approximate surface area is 116 Å². The van der Waals surface area contributed by atoms with Crippen LogP contribution in [0, 0.1) is 10.1 Å². The fraction of sp³-hybridized carbons (Fsp3) is 0.0833. The highest BCUT2D eigenvalue weighted by atomic mass is 35.5. The van der Waals surface area contributed by atoms with Crippen molar-refractivity contribution in [3.05, 3.63) is 52.4 Å². The molecule has 0 bridgehead atoms. The van der Waals surface area contributed by atoms with Crippen LogP contribution in [-0.4, -0.2) is 9.91 Å². The van der Waals surface area contributed by atoms with Gasteiger partial charge in [0, 0.05) is 5.39 Å². The molecule has 3 aromatic rings. The van der Waals surface area contributed by atoms with Crippen LogP contribution < -0.4 is 0 Å². The lowest BCUT2D eigenvalue weighted by atomic mass is 10.1. The molecule has 96 valence electrons. The van der Waals surface area contributed by atoms with E-state index in [0.29, 0.717) is 11.1 Å². The molecule has 0 fully saturated rings. The van der Waals surface area contributed by atoms with Crippen LogP contribution >= 0.6 is 23.2 Å². The van der Waals surface area contributed by atoms with Crippen molar-refractivity contribution in [1.82, 2.24) is 4.98 Å².